The minimum absolute atomic E-state index is 1.06. The number of nitrogens with one attached hydrogen (secondary N) is 1. The van der Waals surface area contributed by atoms with Crippen molar-refractivity contribution in [3.05, 3.63) is 23.8 Å². The van der Waals surface area contributed by atoms with E-state index in [1.165, 1.54) is 16.9 Å². The topological polar surface area (TPSA) is 15.3 Å². The lowest BCUT2D eigenvalue weighted by Crippen LogP contribution is -2.21. The van der Waals surface area contributed by atoms with E-state index in [-0.39, 0.29) is 0 Å². The van der Waals surface area contributed by atoms with Gasteiger partial charge in [-0.05, 0) is 44.5 Å². The molecule has 0 heterocycles. The average Bonchev–Trinajstić information content (AvgIpc) is 2.20. The number of anilines is 2. The van der Waals surface area contributed by atoms with Gasteiger partial charge >= 0.3 is 0 Å². The highest BCUT2D eigenvalue weighted by Crippen LogP contribution is 2.21. The molecule has 1 aromatic carbocycles. The van der Waals surface area contributed by atoms with Gasteiger partial charge < -0.3 is 10.2 Å². The molecule has 1 aromatic rings. The van der Waals surface area contributed by atoms with Crippen molar-refractivity contribution in [3.8, 4) is 0 Å². The molecule has 0 spiro atoms. The summed E-state index contributed by atoms with van der Waals surface area (Å²) in [5.74, 6) is 0. The molecule has 0 radical (unpaired) electrons. The number of rotatable bonds is 4. The first-order valence-corrected chi connectivity index (χ1v) is 5.26. The van der Waals surface area contributed by atoms with Crippen molar-refractivity contribution < 1.29 is 0 Å². The zero-order valence-electron chi connectivity index (χ0n) is 9.59. The first-order valence-electron chi connectivity index (χ1n) is 5.26. The number of benzene rings is 1. The predicted octanol–water partition coefficient (Wildman–Crippen LogP) is 2.88. The van der Waals surface area contributed by atoms with Crippen LogP contribution in [0.1, 0.15) is 19.4 Å². The van der Waals surface area contributed by atoms with E-state index in [1.54, 1.807) is 0 Å². The van der Waals surface area contributed by atoms with Gasteiger partial charge in [-0.25, -0.2) is 0 Å². The van der Waals surface area contributed by atoms with Gasteiger partial charge in [0.05, 0.1) is 0 Å². The van der Waals surface area contributed by atoms with Crippen molar-refractivity contribution >= 4 is 11.4 Å². The predicted molar refractivity (Wildman–Crippen MR) is 64.3 cm³/mol. The first kappa shape index (κ1) is 10.9. The maximum absolute atomic E-state index is 3.18. The molecule has 0 aromatic heterocycles. The van der Waals surface area contributed by atoms with Crippen molar-refractivity contribution in [2.75, 3.05) is 30.4 Å². The van der Waals surface area contributed by atoms with Crippen molar-refractivity contribution in [1.82, 2.24) is 0 Å². The third kappa shape index (κ3) is 2.19. The van der Waals surface area contributed by atoms with E-state index in [2.05, 4.69) is 49.2 Å². The lowest BCUT2D eigenvalue weighted by molar-refractivity contribution is 0.866. The molecule has 0 aliphatic rings. The standard InChI is InChI=1S/C12H20N2/c1-5-14(6-2)11-7-8-12(13-4)10(3)9-11/h7-9,13H,5-6H2,1-4H3. The van der Waals surface area contributed by atoms with E-state index in [9.17, 15) is 0 Å². The highest BCUT2D eigenvalue weighted by Gasteiger charge is 2.03. The van der Waals surface area contributed by atoms with E-state index in [0.717, 1.165) is 13.1 Å². The second-order valence-corrected chi connectivity index (χ2v) is 3.42. The Labute approximate surface area is 86.9 Å². The molecule has 78 valence electrons. The van der Waals surface area contributed by atoms with Crippen molar-refractivity contribution in [1.29, 1.82) is 0 Å². The molecule has 0 bridgehead atoms. The lowest BCUT2D eigenvalue weighted by Gasteiger charge is -2.22. The first-order chi connectivity index (χ1) is 6.72. The zero-order chi connectivity index (χ0) is 10.6. The Morgan fingerprint density at radius 1 is 1.21 bits per heavy atom. The second kappa shape index (κ2) is 4.89. The molecule has 14 heavy (non-hydrogen) atoms. The van der Waals surface area contributed by atoms with Gasteiger partial charge in [0, 0.05) is 31.5 Å². The van der Waals surface area contributed by atoms with Crippen LogP contribution in [0.4, 0.5) is 11.4 Å². The summed E-state index contributed by atoms with van der Waals surface area (Å²) in [6, 6.07) is 6.55. The summed E-state index contributed by atoms with van der Waals surface area (Å²) in [6.07, 6.45) is 0. The highest BCUT2D eigenvalue weighted by atomic mass is 15.1. The van der Waals surface area contributed by atoms with Crippen LogP contribution >= 0.6 is 0 Å². The molecule has 2 heteroatoms. The largest absolute Gasteiger partial charge is 0.388 e. The molecule has 0 saturated heterocycles. The third-order valence-electron chi connectivity index (χ3n) is 2.61. The van der Waals surface area contributed by atoms with Crippen molar-refractivity contribution in [2.24, 2.45) is 0 Å². The maximum atomic E-state index is 3.18. The Morgan fingerprint density at radius 2 is 1.86 bits per heavy atom. The molecule has 2 nitrogen and oxygen atoms in total. The third-order valence-corrected chi connectivity index (χ3v) is 2.61. The molecule has 0 atom stereocenters. The van der Waals surface area contributed by atoms with Gasteiger partial charge in [-0.15, -0.1) is 0 Å². The highest BCUT2D eigenvalue weighted by molar-refractivity contribution is 5.59. The monoisotopic (exact) mass is 192 g/mol. The van der Waals surface area contributed by atoms with Crippen LogP contribution in [-0.2, 0) is 0 Å². The summed E-state index contributed by atoms with van der Waals surface area (Å²) < 4.78 is 0. The van der Waals surface area contributed by atoms with Crippen LogP contribution in [0.25, 0.3) is 0 Å². The Hall–Kier alpha value is -1.18. The van der Waals surface area contributed by atoms with Crippen LogP contribution in [0.15, 0.2) is 18.2 Å². The molecular formula is C12H20N2. The normalized spacial score (nSPS) is 10.0. The van der Waals surface area contributed by atoms with Gasteiger partial charge in [-0.3, -0.25) is 0 Å². The molecule has 0 unspecified atom stereocenters. The van der Waals surface area contributed by atoms with E-state index in [1.807, 2.05) is 7.05 Å². The second-order valence-electron chi connectivity index (χ2n) is 3.42. The summed E-state index contributed by atoms with van der Waals surface area (Å²) in [7, 11) is 1.96. The van der Waals surface area contributed by atoms with Crippen LogP contribution in [0.3, 0.4) is 0 Å². The minimum atomic E-state index is 1.06. The van der Waals surface area contributed by atoms with Crippen LogP contribution < -0.4 is 10.2 Å². The van der Waals surface area contributed by atoms with E-state index < -0.39 is 0 Å². The molecule has 0 aliphatic heterocycles. The van der Waals surface area contributed by atoms with Crippen molar-refractivity contribution in [2.45, 2.75) is 20.8 Å². The molecule has 1 N–H and O–H groups in total. The Kier molecular flexibility index (Phi) is 3.81. The van der Waals surface area contributed by atoms with Crippen LogP contribution in [0.2, 0.25) is 0 Å². The van der Waals surface area contributed by atoms with E-state index in [0.29, 0.717) is 0 Å². The number of aryl methyl sites for hydroxylation is 1. The van der Waals surface area contributed by atoms with Crippen LogP contribution in [0.5, 0.6) is 0 Å². The Morgan fingerprint density at radius 3 is 2.29 bits per heavy atom. The minimum Gasteiger partial charge on any atom is -0.388 e. The van der Waals surface area contributed by atoms with E-state index in [4.69, 9.17) is 0 Å². The summed E-state index contributed by atoms with van der Waals surface area (Å²) in [5.41, 5.74) is 3.82. The molecule has 0 fully saturated rings. The SMILES string of the molecule is CCN(CC)c1ccc(NC)c(C)c1. The van der Waals surface area contributed by atoms with Gasteiger partial charge in [0.1, 0.15) is 0 Å². The van der Waals surface area contributed by atoms with Crippen LogP contribution in [0, 0.1) is 6.92 Å². The molecule has 1 rings (SSSR count). The van der Waals surface area contributed by atoms with Crippen molar-refractivity contribution in [3.63, 3.8) is 0 Å². The summed E-state index contributed by atoms with van der Waals surface area (Å²) in [6.45, 7) is 8.64. The fraction of sp³-hybridized carbons (Fsp3) is 0.500. The van der Waals surface area contributed by atoms with Gasteiger partial charge in [0.25, 0.3) is 0 Å². The summed E-state index contributed by atoms with van der Waals surface area (Å²) in [4.78, 5) is 2.35. The van der Waals surface area contributed by atoms with Crippen LogP contribution in [-0.4, -0.2) is 20.1 Å². The molecule has 0 aliphatic carbocycles. The number of hydrogen-bond donors (Lipinski definition) is 1. The maximum Gasteiger partial charge on any atom is 0.0370 e. The fourth-order valence-electron chi connectivity index (χ4n) is 1.71. The molecule has 0 amide bonds. The van der Waals surface area contributed by atoms with Gasteiger partial charge in [-0.2, -0.15) is 0 Å². The summed E-state index contributed by atoms with van der Waals surface area (Å²) >= 11 is 0. The Bertz CT molecular complexity index is 290. The fourth-order valence-corrected chi connectivity index (χ4v) is 1.71. The quantitative estimate of drug-likeness (QED) is 0.789. The van der Waals surface area contributed by atoms with Gasteiger partial charge in [-0.1, -0.05) is 0 Å². The van der Waals surface area contributed by atoms with Gasteiger partial charge in [0.2, 0.25) is 0 Å². The lowest BCUT2D eigenvalue weighted by atomic mass is 10.1. The summed E-state index contributed by atoms with van der Waals surface area (Å²) in [5, 5.41) is 3.18. The number of nitrogens with zero attached hydrogens (tertiary/aromatic N) is 1. The average molecular weight is 192 g/mol. The number of hydrogen-bond acceptors (Lipinski definition) is 2. The molecular weight excluding hydrogens is 172 g/mol. The smallest absolute Gasteiger partial charge is 0.0370 e. The Balaban J connectivity index is 2.95. The van der Waals surface area contributed by atoms with Gasteiger partial charge in [0.15, 0.2) is 0 Å². The van der Waals surface area contributed by atoms with E-state index >= 15 is 0 Å². The zero-order valence-corrected chi connectivity index (χ0v) is 9.59. The molecule has 0 saturated carbocycles.